The third-order valence-corrected chi connectivity index (χ3v) is 28.0. The van der Waals surface area contributed by atoms with Crippen molar-refractivity contribution in [1.82, 2.24) is 9.80 Å². The average molecular weight is 1660 g/mol. The van der Waals surface area contributed by atoms with Crippen LogP contribution in [0.1, 0.15) is 95.9 Å². The van der Waals surface area contributed by atoms with Crippen LogP contribution in [0, 0.1) is 64.8 Å². The van der Waals surface area contributed by atoms with Crippen LogP contribution in [-0.4, -0.2) is 141 Å². The Balaban J connectivity index is 0.000000206. The molecule has 9 atom stereocenters. The fraction of sp³-hybridized carbons (Fsp3) is 0.557. The second-order valence-corrected chi connectivity index (χ2v) is 49.8. The number of alkyl halides is 3. The number of aryl methyl sites for hydroxylation is 1. The third-order valence-electron chi connectivity index (χ3n) is 18.1. The van der Waals surface area contributed by atoms with E-state index in [1.807, 2.05) is 6.92 Å². The molecule has 0 saturated heterocycles. The van der Waals surface area contributed by atoms with Gasteiger partial charge in [0.15, 0.2) is 15.5 Å². The second kappa shape index (κ2) is 31.7. The Hall–Kier alpha value is -5.14. The summed E-state index contributed by atoms with van der Waals surface area (Å²) in [7, 11) is -7.01. The topological polar surface area (TPSA) is 258 Å². The summed E-state index contributed by atoms with van der Waals surface area (Å²) in [5.74, 6) is -3.07. The van der Waals surface area contributed by atoms with Gasteiger partial charge >= 0.3 is 12.2 Å². The highest BCUT2D eigenvalue weighted by atomic mass is 79.9. The number of carbonyl (C=O) groups excluding carboxylic acids is 2. The number of nitriles is 2. The molecule has 3 aliphatic carbocycles. The highest BCUT2D eigenvalue weighted by Crippen LogP contribution is 2.70. The van der Waals surface area contributed by atoms with Crippen molar-refractivity contribution < 1.29 is 67.5 Å². The van der Waals surface area contributed by atoms with Crippen molar-refractivity contribution in [1.29, 1.82) is 10.5 Å². The highest BCUT2D eigenvalue weighted by molar-refractivity contribution is 9.10. The molecule has 102 heavy (non-hydrogen) atoms. The minimum absolute atomic E-state index is 0.00534. The normalized spacial score (nSPS) is 26.2. The number of anilines is 1. The zero-order chi connectivity index (χ0) is 75.6. The molecule has 4 N–H and O–H groups in total. The van der Waals surface area contributed by atoms with E-state index in [1.165, 1.54) is 94.0 Å². The standard InChI is InChI=1S/C31H41BrF2N2O6S2Si.C25H34BrF2N3O3SSi.C14H14F2N4S/c1-21-8-11-23(12-9-21)44(38,39)41-19-30-17-26(30)31(18-33,24-16-22(32)10-13-25(24)34)35-27(43-30)36(28(37)42-29(2,3)4)20-40-14-15-45(5,6)7;1-23(2,3)34-22(32)31(16-33-11-12-36(4,5)6)21-30-25(15-27,18-13-17(26)7-8-19(18)28)20-14-24(20,35-21)9-10-29;15-7-14(9-5-8(18)1-2-10(9)16)11-6-13(11,3-4-17)21-12(19)20-14/h8-13,16,26H,14-15,17-20H2,1-7H3;7-8,13,20H,9,11-12,14-16H2,1-6H3;1-2,5,11H,3,6-7,18H2,(H2,19,20)/t26-,30-,31-;20-,24+,25-;11-,13+,14-/m111/s1. The molecule has 2 amide bonds. The maximum absolute atomic E-state index is 15.5. The van der Waals surface area contributed by atoms with E-state index >= 15 is 17.6 Å². The number of ether oxygens (including phenoxy) is 4. The van der Waals surface area contributed by atoms with Crippen LogP contribution >= 0.6 is 67.1 Å². The fourth-order valence-electron chi connectivity index (χ4n) is 12.5. The molecule has 32 heteroatoms. The predicted octanol–water partition coefficient (Wildman–Crippen LogP) is 17.3. The summed E-state index contributed by atoms with van der Waals surface area (Å²) in [5, 5.41) is 18.9. The van der Waals surface area contributed by atoms with Crippen LogP contribution in [0.25, 0.3) is 0 Å². The third kappa shape index (κ3) is 19.2. The van der Waals surface area contributed by atoms with E-state index in [2.05, 4.69) is 88.3 Å². The first kappa shape index (κ1) is 82.5. The van der Waals surface area contributed by atoms with E-state index in [0.717, 1.165) is 29.4 Å². The molecule has 10 rings (SSSR count). The second-order valence-electron chi connectivity index (χ2n) is 30.9. The number of nitrogens with zero attached hydrogens (tertiary/aromatic N) is 7. The van der Waals surface area contributed by atoms with Crippen LogP contribution in [0.15, 0.2) is 108 Å². The molecule has 6 aliphatic rings. The lowest BCUT2D eigenvalue weighted by Crippen LogP contribution is -2.47. The number of nitrogen functional groups attached to an aromatic ring is 1. The van der Waals surface area contributed by atoms with E-state index in [1.54, 1.807) is 59.7 Å². The Kier molecular flexibility index (Phi) is 25.7. The van der Waals surface area contributed by atoms with Crippen LogP contribution in [0.4, 0.5) is 41.6 Å². The van der Waals surface area contributed by atoms with Crippen molar-refractivity contribution >= 4 is 127 Å². The quantitative estimate of drug-likeness (QED) is 0.0185. The molecule has 3 fully saturated rings. The number of rotatable bonds is 22. The molecule has 3 saturated carbocycles. The van der Waals surface area contributed by atoms with Gasteiger partial charge in [-0.3, -0.25) is 4.18 Å². The lowest BCUT2D eigenvalue weighted by Gasteiger charge is -2.38. The zero-order valence-electron chi connectivity index (χ0n) is 59.5. The molecular weight excluding hydrogens is 1570 g/mol. The van der Waals surface area contributed by atoms with Gasteiger partial charge < -0.3 is 30.4 Å². The van der Waals surface area contributed by atoms with Gasteiger partial charge in [-0.1, -0.05) is 124 Å². The first-order valence-electron chi connectivity index (χ1n) is 33.1. The molecule has 4 aromatic carbocycles. The highest BCUT2D eigenvalue weighted by Gasteiger charge is 2.72. The van der Waals surface area contributed by atoms with E-state index in [-0.39, 0.29) is 88.3 Å². The largest absolute Gasteiger partial charge is 0.443 e. The maximum atomic E-state index is 15.5. The Morgan fingerprint density at radius 1 is 0.608 bits per heavy atom. The zero-order valence-corrected chi connectivity index (χ0v) is 67.9. The number of aliphatic imine (C=N–C) groups is 3. The Labute approximate surface area is 626 Å². The number of hydrogen-bond donors (Lipinski definition) is 2. The molecule has 3 aliphatic heterocycles. The molecule has 0 radical (unpaired) electrons. The first-order chi connectivity index (χ1) is 47.4. The lowest BCUT2D eigenvalue weighted by atomic mass is 9.84. The van der Waals surface area contributed by atoms with E-state index < -0.39 is 124 Å². The van der Waals surface area contributed by atoms with Crippen molar-refractivity contribution in [3.05, 3.63) is 128 Å². The summed E-state index contributed by atoms with van der Waals surface area (Å²) in [6, 6.07) is 24.9. The Morgan fingerprint density at radius 3 is 1.40 bits per heavy atom. The monoisotopic (exact) mass is 1660 g/mol. The summed E-state index contributed by atoms with van der Waals surface area (Å²) >= 11 is 10.4. The van der Waals surface area contributed by atoms with Crippen molar-refractivity contribution in [2.45, 2.75) is 179 Å². The summed E-state index contributed by atoms with van der Waals surface area (Å²) in [5.41, 5.74) is 6.64. The van der Waals surface area contributed by atoms with Gasteiger partial charge in [-0.2, -0.15) is 18.9 Å². The van der Waals surface area contributed by atoms with Gasteiger partial charge in [-0.05, 0) is 147 Å². The van der Waals surface area contributed by atoms with Gasteiger partial charge in [0.05, 0.1) is 41.2 Å². The van der Waals surface area contributed by atoms with Crippen LogP contribution in [0.2, 0.25) is 51.4 Å². The SMILES string of the molecule is CC(C)(C)OC(=O)N(COCC[Si](C)(C)C)C1=N[C@](CF)(c2cc(Br)ccc2F)[C@@H]2C[C@]2(CC#N)S1.Cc1ccc(S(=O)(=O)OC[C@]23C[C@H]2[C@@](CF)(c2cc(Br)ccc2F)N=C(N(COCC[Si](C)(C)C)C(=O)OC(C)(C)C)S3)cc1.N#CC[C@]12C[C@H]1[C@@](CF)(c1cc(N)ccc1F)N=C(N)S2. The molecule has 18 nitrogen and oxygen atoms in total. The molecule has 0 bridgehead atoms. The van der Waals surface area contributed by atoms with Gasteiger partial charge in [-0.15, -0.1) is 0 Å². The average Bonchev–Trinajstić information content (AvgIpc) is 1.56. The van der Waals surface area contributed by atoms with Crippen molar-refractivity contribution in [2.75, 3.05) is 59.0 Å². The van der Waals surface area contributed by atoms with Gasteiger partial charge in [-0.25, -0.2) is 60.7 Å². The number of thioether (sulfide) groups is 3. The van der Waals surface area contributed by atoms with E-state index in [9.17, 15) is 32.0 Å². The number of halogens is 8. The predicted molar refractivity (Wildman–Crippen MR) is 403 cm³/mol. The molecular formula is C70H89Br2F6N9O9S4Si2. The molecule has 0 spiro atoms. The van der Waals surface area contributed by atoms with Gasteiger partial charge in [0.2, 0.25) is 0 Å². The van der Waals surface area contributed by atoms with Gasteiger partial charge in [0.1, 0.15) is 78.8 Å². The number of amidine groups is 3. The molecule has 556 valence electrons. The van der Waals surface area contributed by atoms with Crippen molar-refractivity contribution in [3.63, 3.8) is 0 Å². The van der Waals surface area contributed by atoms with Gasteiger partial charge in [0, 0.05) is 87.9 Å². The Bertz CT molecular complexity index is 4090. The number of nitrogens with two attached hydrogens (primary N) is 2. The lowest BCUT2D eigenvalue weighted by molar-refractivity contribution is 0.00970. The number of benzene rings is 4. The first-order valence-corrected chi connectivity index (χ1v) is 45.9. The maximum Gasteiger partial charge on any atom is 0.418 e. The van der Waals surface area contributed by atoms with Crippen LogP contribution in [0.3, 0.4) is 0 Å². The number of fused-ring (bicyclic) bond motifs is 3. The van der Waals surface area contributed by atoms with Crippen molar-refractivity contribution in [3.8, 4) is 12.1 Å². The number of carbonyl (C=O) groups is 2. The van der Waals surface area contributed by atoms with Crippen molar-refractivity contribution in [2.24, 2.45) is 38.5 Å². The fourth-order valence-corrected chi connectivity index (χ4v) is 20.1. The minimum atomic E-state index is -4.18. The van der Waals surface area contributed by atoms with E-state index in [0.29, 0.717) is 40.7 Å². The smallest absolute Gasteiger partial charge is 0.418 e. The molecule has 0 aromatic heterocycles. The summed E-state index contributed by atoms with van der Waals surface area (Å²) in [6.45, 7) is 22.7. The minimum Gasteiger partial charge on any atom is -0.443 e. The summed E-state index contributed by atoms with van der Waals surface area (Å²) in [6.07, 6.45) is 0.243. The van der Waals surface area contributed by atoms with Crippen LogP contribution in [-0.2, 0) is 49.9 Å². The van der Waals surface area contributed by atoms with Gasteiger partial charge in [0.25, 0.3) is 10.1 Å². The molecule has 0 unspecified atom stereocenters. The summed E-state index contributed by atoms with van der Waals surface area (Å²) in [4.78, 5) is 43.0. The van der Waals surface area contributed by atoms with Crippen LogP contribution in [0.5, 0.6) is 0 Å². The summed E-state index contributed by atoms with van der Waals surface area (Å²) < 4.78 is 143. The Morgan fingerprint density at radius 2 is 0.990 bits per heavy atom. The van der Waals surface area contributed by atoms with E-state index in [4.69, 9.17) is 49.8 Å². The molecule has 3 heterocycles. The molecule has 4 aromatic rings. The number of amides is 2. The number of hydrogen-bond acceptors (Lipinski definition) is 19. The van der Waals surface area contributed by atoms with Crippen LogP contribution < -0.4 is 11.5 Å².